The van der Waals surface area contributed by atoms with Crippen LogP contribution >= 0.6 is 0 Å². The second-order valence-corrected chi connectivity index (χ2v) is 6.58. The highest BCUT2D eigenvalue weighted by Gasteiger charge is 2.21. The third-order valence-electron chi connectivity index (χ3n) is 5.04. The minimum atomic E-state index is -0.997. The van der Waals surface area contributed by atoms with Gasteiger partial charge in [0.1, 0.15) is 6.07 Å². The van der Waals surface area contributed by atoms with Gasteiger partial charge in [-0.1, -0.05) is 57.9 Å². The highest BCUT2D eigenvalue weighted by atomic mass is 19.2. The molecule has 0 unspecified atom stereocenters. The van der Waals surface area contributed by atoms with Gasteiger partial charge in [-0.15, -0.1) is 0 Å². The molecule has 1 aliphatic carbocycles. The number of hydrogen-bond donors (Lipinski definition) is 0. The third kappa shape index (κ3) is 4.29. The van der Waals surface area contributed by atoms with Crippen LogP contribution in [0.1, 0.15) is 69.4 Å². The summed E-state index contributed by atoms with van der Waals surface area (Å²) >= 11 is 0. The normalized spacial score (nSPS) is 21.5. The Bertz CT molecular complexity index is 525. The molecule has 0 saturated heterocycles. The summed E-state index contributed by atoms with van der Waals surface area (Å²) in [5.41, 5.74) is 0.197. The molecule has 0 amide bonds. The first-order chi connectivity index (χ1) is 10.7. The SMILES string of the molecule is CCCC[C@H]1CC[C@H](CCc2ccc(C#N)c(F)c2F)CC1. The number of halogens is 2. The van der Waals surface area contributed by atoms with E-state index in [2.05, 4.69) is 6.92 Å². The zero-order valence-electron chi connectivity index (χ0n) is 13.4. The van der Waals surface area contributed by atoms with Crippen molar-refractivity contribution < 1.29 is 8.78 Å². The van der Waals surface area contributed by atoms with Crippen molar-refractivity contribution in [2.24, 2.45) is 11.8 Å². The zero-order chi connectivity index (χ0) is 15.9. The molecule has 1 aromatic carbocycles. The third-order valence-corrected chi connectivity index (χ3v) is 5.04. The van der Waals surface area contributed by atoms with Crippen LogP contribution in [-0.4, -0.2) is 0 Å². The number of nitrogens with zero attached hydrogens (tertiary/aromatic N) is 1. The van der Waals surface area contributed by atoms with E-state index in [0.29, 0.717) is 17.9 Å². The molecule has 1 fully saturated rings. The Kier molecular flexibility index (Phi) is 6.36. The van der Waals surface area contributed by atoms with Crippen LogP contribution in [0.2, 0.25) is 0 Å². The van der Waals surface area contributed by atoms with E-state index in [4.69, 9.17) is 5.26 Å². The second kappa shape index (κ2) is 8.27. The van der Waals surface area contributed by atoms with E-state index in [1.807, 2.05) is 0 Å². The van der Waals surface area contributed by atoms with Crippen molar-refractivity contribution in [1.82, 2.24) is 0 Å². The molecule has 1 nitrogen and oxygen atoms in total. The molecule has 0 heterocycles. The van der Waals surface area contributed by atoms with Gasteiger partial charge >= 0.3 is 0 Å². The van der Waals surface area contributed by atoms with Crippen LogP contribution in [0.4, 0.5) is 8.78 Å². The molecular formula is C19H25F2N. The van der Waals surface area contributed by atoms with E-state index < -0.39 is 11.6 Å². The number of unbranched alkanes of at least 4 members (excludes halogenated alkanes) is 1. The molecule has 1 aromatic rings. The Morgan fingerprint density at radius 1 is 1.05 bits per heavy atom. The molecule has 0 spiro atoms. The van der Waals surface area contributed by atoms with E-state index >= 15 is 0 Å². The van der Waals surface area contributed by atoms with Gasteiger partial charge in [0.2, 0.25) is 0 Å². The van der Waals surface area contributed by atoms with Crippen LogP contribution in [0.3, 0.4) is 0 Å². The van der Waals surface area contributed by atoms with Crippen LogP contribution in [0.15, 0.2) is 12.1 Å². The van der Waals surface area contributed by atoms with Gasteiger partial charge in [0.15, 0.2) is 11.6 Å². The molecule has 0 bridgehead atoms. The lowest BCUT2D eigenvalue weighted by Gasteiger charge is -2.28. The number of benzene rings is 1. The number of hydrogen-bond acceptors (Lipinski definition) is 1. The molecular weight excluding hydrogens is 280 g/mol. The Morgan fingerprint density at radius 3 is 2.27 bits per heavy atom. The predicted octanol–water partition coefficient (Wildman–Crippen LogP) is 5.77. The van der Waals surface area contributed by atoms with Crippen LogP contribution < -0.4 is 0 Å². The summed E-state index contributed by atoms with van der Waals surface area (Å²) in [6.45, 7) is 2.23. The fourth-order valence-electron chi connectivity index (χ4n) is 3.53. The molecule has 0 aliphatic heterocycles. The first-order valence-corrected chi connectivity index (χ1v) is 8.52. The van der Waals surface area contributed by atoms with Crippen molar-refractivity contribution in [2.45, 2.75) is 64.7 Å². The maximum Gasteiger partial charge on any atom is 0.176 e. The standard InChI is InChI=1S/C19H25F2N/c1-2-3-4-14-5-7-15(8-6-14)9-10-16-11-12-17(13-22)19(21)18(16)20/h11-12,14-15H,2-10H2,1H3/t14-,15-. The molecule has 1 saturated carbocycles. The Morgan fingerprint density at radius 2 is 1.68 bits per heavy atom. The largest absolute Gasteiger partial charge is 0.203 e. The Labute approximate surface area is 132 Å². The van der Waals surface area contributed by atoms with Gasteiger partial charge in [0.05, 0.1) is 5.56 Å². The lowest BCUT2D eigenvalue weighted by molar-refractivity contribution is 0.249. The predicted molar refractivity (Wildman–Crippen MR) is 84.4 cm³/mol. The first-order valence-electron chi connectivity index (χ1n) is 8.52. The summed E-state index contributed by atoms with van der Waals surface area (Å²) in [4.78, 5) is 0. The second-order valence-electron chi connectivity index (χ2n) is 6.58. The summed E-state index contributed by atoms with van der Waals surface area (Å²) in [6, 6.07) is 4.62. The monoisotopic (exact) mass is 305 g/mol. The van der Waals surface area contributed by atoms with Gasteiger partial charge in [-0.25, -0.2) is 8.78 Å². The molecule has 120 valence electrons. The summed E-state index contributed by atoms with van der Waals surface area (Å²) in [6.07, 6.45) is 10.4. The average molecular weight is 305 g/mol. The van der Waals surface area contributed by atoms with Gasteiger partial charge in [-0.3, -0.25) is 0 Å². The molecule has 22 heavy (non-hydrogen) atoms. The summed E-state index contributed by atoms with van der Waals surface area (Å²) in [5.74, 6) is -0.324. The molecule has 0 atom stereocenters. The molecule has 1 aliphatic rings. The number of rotatable bonds is 6. The van der Waals surface area contributed by atoms with Crippen molar-refractivity contribution in [3.63, 3.8) is 0 Å². The van der Waals surface area contributed by atoms with E-state index in [1.165, 1.54) is 51.0 Å². The van der Waals surface area contributed by atoms with E-state index in [0.717, 1.165) is 12.3 Å². The van der Waals surface area contributed by atoms with Gasteiger partial charge in [-0.05, 0) is 36.3 Å². The maximum absolute atomic E-state index is 13.9. The van der Waals surface area contributed by atoms with E-state index in [1.54, 1.807) is 12.1 Å². The van der Waals surface area contributed by atoms with Crippen molar-refractivity contribution >= 4 is 0 Å². The minimum Gasteiger partial charge on any atom is -0.203 e. The fourth-order valence-corrected chi connectivity index (χ4v) is 3.53. The fraction of sp³-hybridized carbons (Fsp3) is 0.632. The smallest absolute Gasteiger partial charge is 0.176 e. The zero-order valence-corrected chi connectivity index (χ0v) is 13.4. The molecule has 2 rings (SSSR count). The summed E-state index contributed by atoms with van der Waals surface area (Å²) in [5, 5.41) is 8.70. The average Bonchev–Trinajstić information content (AvgIpc) is 2.55. The molecule has 3 heteroatoms. The quantitative estimate of drug-likeness (QED) is 0.655. The van der Waals surface area contributed by atoms with Crippen LogP contribution in [0, 0.1) is 34.8 Å². The maximum atomic E-state index is 13.9. The Hall–Kier alpha value is -1.43. The van der Waals surface area contributed by atoms with Gasteiger partial charge < -0.3 is 0 Å². The number of aryl methyl sites for hydroxylation is 1. The van der Waals surface area contributed by atoms with Crippen LogP contribution in [0.25, 0.3) is 0 Å². The van der Waals surface area contributed by atoms with E-state index in [9.17, 15) is 8.78 Å². The van der Waals surface area contributed by atoms with Crippen LogP contribution in [-0.2, 0) is 6.42 Å². The van der Waals surface area contributed by atoms with Gasteiger partial charge in [0, 0.05) is 0 Å². The van der Waals surface area contributed by atoms with Crippen molar-refractivity contribution in [2.75, 3.05) is 0 Å². The lowest BCUT2D eigenvalue weighted by atomic mass is 9.78. The molecule has 0 radical (unpaired) electrons. The molecule has 0 aromatic heterocycles. The summed E-state index contributed by atoms with van der Waals surface area (Å²) in [7, 11) is 0. The van der Waals surface area contributed by atoms with Crippen LogP contribution in [0.5, 0.6) is 0 Å². The lowest BCUT2D eigenvalue weighted by Crippen LogP contribution is -2.15. The van der Waals surface area contributed by atoms with Crippen molar-refractivity contribution in [1.29, 1.82) is 5.26 Å². The van der Waals surface area contributed by atoms with Gasteiger partial charge in [-0.2, -0.15) is 5.26 Å². The van der Waals surface area contributed by atoms with Gasteiger partial charge in [0.25, 0.3) is 0 Å². The van der Waals surface area contributed by atoms with Crippen molar-refractivity contribution in [3.05, 3.63) is 34.9 Å². The summed E-state index contributed by atoms with van der Waals surface area (Å²) < 4.78 is 27.5. The first kappa shape index (κ1) is 16.9. The van der Waals surface area contributed by atoms with E-state index in [-0.39, 0.29) is 5.56 Å². The Balaban J connectivity index is 1.82. The highest BCUT2D eigenvalue weighted by Crippen LogP contribution is 2.34. The highest BCUT2D eigenvalue weighted by molar-refractivity contribution is 5.34. The van der Waals surface area contributed by atoms with Crippen molar-refractivity contribution in [3.8, 4) is 6.07 Å². The topological polar surface area (TPSA) is 23.8 Å². The minimum absolute atomic E-state index is 0.210. The number of nitriles is 1. The molecule has 0 N–H and O–H groups in total.